The van der Waals surface area contributed by atoms with Gasteiger partial charge in [-0.15, -0.1) is 0 Å². The van der Waals surface area contributed by atoms with Crippen molar-refractivity contribution in [1.82, 2.24) is 4.98 Å². The molecule has 0 amide bonds. The van der Waals surface area contributed by atoms with E-state index in [0.717, 1.165) is 15.7 Å². The summed E-state index contributed by atoms with van der Waals surface area (Å²) in [5.74, 6) is 0.471. The molecule has 0 spiro atoms. The molecule has 2 heterocycles. The fourth-order valence-corrected chi connectivity index (χ4v) is 2.14. The van der Waals surface area contributed by atoms with Crippen LogP contribution in [-0.2, 0) is 4.74 Å². The number of esters is 1. The highest BCUT2D eigenvalue weighted by Crippen LogP contribution is 2.29. The summed E-state index contributed by atoms with van der Waals surface area (Å²) in [4.78, 5) is 16.5. The molecule has 2 aromatic rings. The average molecular weight is 249 g/mol. The van der Waals surface area contributed by atoms with Crippen molar-refractivity contribution in [3.05, 3.63) is 42.0 Å². The Morgan fingerprint density at radius 3 is 2.94 bits per heavy atom. The van der Waals surface area contributed by atoms with E-state index in [1.807, 2.05) is 13.0 Å². The number of methoxy groups -OCH3 is 1. The molecule has 2 rings (SSSR count). The maximum atomic E-state index is 11.4. The van der Waals surface area contributed by atoms with Gasteiger partial charge in [0.25, 0.3) is 0 Å². The van der Waals surface area contributed by atoms with Crippen molar-refractivity contribution in [2.45, 2.75) is 16.8 Å². The van der Waals surface area contributed by atoms with Gasteiger partial charge in [-0.1, -0.05) is 11.8 Å². The Morgan fingerprint density at radius 1 is 1.47 bits per heavy atom. The van der Waals surface area contributed by atoms with Crippen LogP contribution < -0.4 is 0 Å². The van der Waals surface area contributed by atoms with Crippen molar-refractivity contribution in [3.8, 4) is 0 Å². The summed E-state index contributed by atoms with van der Waals surface area (Å²) in [7, 11) is 1.36. The number of aryl methyl sites for hydroxylation is 1. The SMILES string of the molecule is COC(=O)c1ccnc(Sc2ccoc2C)c1. The van der Waals surface area contributed by atoms with Gasteiger partial charge in [-0.2, -0.15) is 0 Å². The van der Waals surface area contributed by atoms with Crippen LogP contribution in [0.3, 0.4) is 0 Å². The van der Waals surface area contributed by atoms with Gasteiger partial charge in [0.2, 0.25) is 0 Å². The van der Waals surface area contributed by atoms with Crippen LogP contribution in [0.5, 0.6) is 0 Å². The quantitative estimate of drug-likeness (QED) is 0.783. The molecule has 0 aliphatic heterocycles. The highest BCUT2D eigenvalue weighted by Gasteiger charge is 2.09. The van der Waals surface area contributed by atoms with Crippen LogP contribution in [0, 0.1) is 6.92 Å². The molecule has 5 heteroatoms. The molecular formula is C12H11NO3S. The molecule has 2 aromatic heterocycles. The predicted molar refractivity (Wildman–Crippen MR) is 63.1 cm³/mol. The number of nitrogens with zero attached hydrogens (tertiary/aromatic N) is 1. The molecule has 0 N–H and O–H groups in total. The number of carbonyl (C=O) groups is 1. The minimum Gasteiger partial charge on any atom is -0.468 e. The molecule has 0 atom stereocenters. The Labute approximate surface area is 103 Å². The largest absolute Gasteiger partial charge is 0.468 e. The van der Waals surface area contributed by atoms with Crippen molar-refractivity contribution >= 4 is 17.7 Å². The molecule has 4 nitrogen and oxygen atoms in total. The first-order valence-electron chi connectivity index (χ1n) is 4.97. The van der Waals surface area contributed by atoms with E-state index in [1.165, 1.54) is 18.9 Å². The maximum absolute atomic E-state index is 11.4. The van der Waals surface area contributed by atoms with Gasteiger partial charge in [0.1, 0.15) is 10.8 Å². The fourth-order valence-electron chi connectivity index (χ4n) is 1.30. The molecule has 0 saturated heterocycles. The van der Waals surface area contributed by atoms with E-state index < -0.39 is 0 Å². The standard InChI is InChI=1S/C12H11NO3S/c1-8-10(4-6-16-8)17-11-7-9(3-5-13-11)12(14)15-2/h3-7H,1-2H3. The maximum Gasteiger partial charge on any atom is 0.337 e. The van der Waals surface area contributed by atoms with Crippen LogP contribution >= 0.6 is 11.8 Å². The lowest BCUT2D eigenvalue weighted by Gasteiger charge is -2.02. The third-order valence-electron chi connectivity index (χ3n) is 2.18. The number of carbonyl (C=O) groups excluding carboxylic acids is 1. The minimum absolute atomic E-state index is 0.363. The van der Waals surface area contributed by atoms with Crippen LogP contribution in [0.15, 0.2) is 45.0 Å². The van der Waals surface area contributed by atoms with E-state index in [1.54, 1.807) is 24.6 Å². The molecular weight excluding hydrogens is 238 g/mol. The average Bonchev–Trinajstić information content (AvgIpc) is 2.74. The van der Waals surface area contributed by atoms with Gasteiger partial charge in [0, 0.05) is 6.20 Å². The van der Waals surface area contributed by atoms with Crippen molar-refractivity contribution < 1.29 is 13.9 Å². The summed E-state index contributed by atoms with van der Waals surface area (Å²) in [5, 5.41) is 0.734. The van der Waals surface area contributed by atoms with Gasteiger partial charge in [0.05, 0.1) is 23.8 Å². The first-order chi connectivity index (χ1) is 8.20. The Hall–Kier alpha value is -1.75. The zero-order valence-corrected chi connectivity index (χ0v) is 10.3. The zero-order valence-electron chi connectivity index (χ0n) is 9.47. The monoisotopic (exact) mass is 249 g/mol. The van der Waals surface area contributed by atoms with E-state index in [-0.39, 0.29) is 5.97 Å². The Kier molecular flexibility index (Phi) is 3.49. The summed E-state index contributed by atoms with van der Waals surface area (Å²) >= 11 is 1.45. The molecule has 17 heavy (non-hydrogen) atoms. The molecule has 88 valence electrons. The number of furan rings is 1. The Bertz CT molecular complexity index is 536. The third-order valence-corrected chi connectivity index (χ3v) is 3.26. The molecule has 0 aromatic carbocycles. The summed E-state index contributed by atoms with van der Waals surface area (Å²) in [6.07, 6.45) is 3.21. The zero-order chi connectivity index (χ0) is 12.3. The second-order valence-corrected chi connectivity index (χ2v) is 4.38. The number of rotatable bonds is 3. The van der Waals surface area contributed by atoms with Gasteiger partial charge in [-0.25, -0.2) is 9.78 Å². The second kappa shape index (κ2) is 5.05. The molecule has 0 saturated carbocycles. The number of hydrogen-bond donors (Lipinski definition) is 0. The number of hydrogen-bond acceptors (Lipinski definition) is 5. The summed E-state index contributed by atoms with van der Waals surface area (Å²) < 4.78 is 9.85. The molecule has 0 radical (unpaired) electrons. The minimum atomic E-state index is -0.363. The van der Waals surface area contributed by atoms with E-state index in [0.29, 0.717) is 5.56 Å². The number of ether oxygens (including phenoxy) is 1. The lowest BCUT2D eigenvalue weighted by Crippen LogP contribution is -2.01. The third kappa shape index (κ3) is 2.68. The number of pyridine rings is 1. The predicted octanol–water partition coefficient (Wildman–Crippen LogP) is 2.92. The lowest BCUT2D eigenvalue weighted by molar-refractivity contribution is 0.0600. The van der Waals surface area contributed by atoms with Crippen molar-refractivity contribution in [3.63, 3.8) is 0 Å². The highest BCUT2D eigenvalue weighted by atomic mass is 32.2. The van der Waals surface area contributed by atoms with Crippen LogP contribution in [0.1, 0.15) is 16.1 Å². The smallest absolute Gasteiger partial charge is 0.337 e. The second-order valence-electron chi connectivity index (χ2n) is 3.32. The van der Waals surface area contributed by atoms with Gasteiger partial charge in [-0.3, -0.25) is 0 Å². The van der Waals surface area contributed by atoms with Crippen LogP contribution in [0.25, 0.3) is 0 Å². The molecule has 0 fully saturated rings. The highest BCUT2D eigenvalue weighted by molar-refractivity contribution is 7.99. The van der Waals surface area contributed by atoms with Gasteiger partial charge < -0.3 is 9.15 Å². The fraction of sp³-hybridized carbons (Fsp3) is 0.167. The van der Waals surface area contributed by atoms with E-state index >= 15 is 0 Å². The van der Waals surface area contributed by atoms with Crippen LogP contribution in [0.4, 0.5) is 0 Å². The molecule has 0 unspecified atom stereocenters. The van der Waals surface area contributed by atoms with E-state index in [9.17, 15) is 4.79 Å². The molecule has 0 aliphatic rings. The number of aromatic nitrogens is 1. The molecule has 0 bridgehead atoms. The van der Waals surface area contributed by atoms with Gasteiger partial charge in [0.15, 0.2) is 0 Å². The van der Waals surface area contributed by atoms with Crippen LogP contribution in [-0.4, -0.2) is 18.1 Å². The van der Waals surface area contributed by atoms with Crippen molar-refractivity contribution in [2.75, 3.05) is 7.11 Å². The van der Waals surface area contributed by atoms with E-state index in [2.05, 4.69) is 9.72 Å². The first kappa shape index (κ1) is 11.7. The lowest BCUT2D eigenvalue weighted by atomic mass is 10.3. The van der Waals surface area contributed by atoms with Crippen molar-refractivity contribution in [2.24, 2.45) is 0 Å². The Balaban J connectivity index is 2.22. The first-order valence-corrected chi connectivity index (χ1v) is 5.78. The van der Waals surface area contributed by atoms with Crippen LogP contribution in [0.2, 0.25) is 0 Å². The van der Waals surface area contributed by atoms with Gasteiger partial charge in [-0.05, 0) is 25.1 Å². The summed E-state index contributed by atoms with van der Waals surface area (Å²) in [6.45, 7) is 1.88. The van der Waals surface area contributed by atoms with Crippen molar-refractivity contribution in [1.29, 1.82) is 0 Å². The van der Waals surface area contributed by atoms with E-state index in [4.69, 9.17) is 4.42 Å². The topological polar surface area (TPSA) is 52.3 Å². The summed E-state index contributed by atoms with van der Waals surface area (Å²) in [5.41, 5.74) is 0.492. The molecule has 0 aliphatic carbocycles. The summed E-state index contributed by atoms with van der Waals surface area (Å²) in [6, 6.07) is 5.19. The Morgan fingerprint density at radius 2 is 2.29 bits per heavy atom. The van der Waals surface area contributed by atoms with Gasteiger partial charge >= 0.3 is 5.97 Å². The normalized spacial score (nSPS) is 10.2.